The van der Waals surface area contributed by atoms with E-state index in [4.69, 9.17) is 0 Å². The molecule has 2 aromatic carbocycles. The van der Waals surface area contributed by atoms with E-state index in [1.54, 1.807) is 0 Å². The number of nitrogens with zero attached hydrogens (tertiary/aromatic N) is 3. The van der Waals surface area contributed by atoms with Crippen molar-refractivity contribution in [3.63, 3.8) is 0 Å². The Morgan fingerprint density at radius 2 is 2.00 bits per heavy atom. The van der Waals surface area contributed by atoms with Gasteiger partial charge in [0.2, 0.25) is 11.2 Å². The first-order valence-electron chi connectivity index (χ1n) is 8.83. The van der Waals surface area contributed by atoms with Crippen molar-refractivity contribution < 1.29 is 31.7 Å². The second-order valence-electron chi connectivity index (χ2n) is 6.73. The van der Waals surface area contributed by atoms with Crippen LogP contribution in [0, 0.1) is 5.82 Å². The Bertz CT molecular complexity index is 1200. The molecule has 1 unspecified atom stereocenters. The summed E-state index contributed by atoms with van der Waals surface area (Å²) in [4.78, 5) is 11.4. The van der Waals surface area contributed by atoms with Gasteiger partial charge in [-0.1, -0.05) is 12.1 Å². The molecule has 1 aliphatic rings. The van der Waals surface area contributed by atoms with Gasteiger partial charge in [-0.2, -0.15) is 18.3 Å². The molecule has 2 heterocycles. The molecular weight excluding hydrogens is 440 g/mol. The standard InChI is InChI=1S/C19H14F4N4O3S/c20-17-14(4-5-15(28)18(17)27-10-16(29)25-31(27)30)12-7-24-26(9-12)8-11-2-1-3-13(6-11)19(21,22)23/h1-7,9,28H,8,10H2,(H,25,29). The SMILES string of the molecule is O=C1CN(c2c(O)ccc(-c3cnn(Cc4cccc(C(F)(F)F)c4)c3)c2F)S(=O)N1. The maximum absolute atomic E-state index is 15.2. The van der Waals surface area contributed by atoms with Crippen LogP contribution < -0.4 is 9.03 Å². The van der Waals surface area contributed by atoms with Crippen molar-refractivity contribution in [2.75, 3.05) is 10.8 Å². The van der Waals surface area contributed by atoms with Gasteiger partial charge in [-0.15, -0.1) is 0 Å². The Kier molecular flexibility index (Phi) is 5.17. The van der Waals surface area contributed by atoms with E-state index in [0.717, 1.165) is 16.4 Å². The van der Waals surface area contributed by atoms with E-state index in [1.165, 1.54) is 41.3 Å². The number of rotatable bonds is 4. The lowest BCUT2D eigenvalue weighted by Gasteiger charge is -2.17. The van der Waals surface area contributed by atoms with Crippen molar-refractivity contribution in [3.05, 3.63) is 65.7 Å². The minimum Gasteiger partial charge on any atom is -0.506 e. The summed E-state index contributed by atoms with van der Waals surface area (Å²) in [6, 6.07) is 7.26. The third kappa shape index (κ3) is 4.10. The highest BCUT2D eigenvalue weighted by Crippen LogP contribution is 2.38. The first-order valence-corrected chi connectivity index (χ1v) is 9.93. The van der Waals surface area contributed by atoms with Gasteiger partial charge in [0.25, 0.3) is 5.91 Å². The van der Waals surface area contributed by atoms with Gasteiger partial charge in [-0.3, -0.25) is 18.5 Å². The second kappa shape index (κ2) is 7.69. The minimum atomic E-state index is -4.47. The number of aromatic hydroxyl groups is 1. The first kappa shape index (κ1) is 20.8. The third-order valence-corrected chi connectivity index (χ3v) is 5.69. The lowest BCUT2D eigenvalue weighted by atomic mass is 10.1. The fraction of sp³-hybridized carbons (Fsp3) is 0.158. The van der Waals surface area contributed by atoms with Crippen molar-refractivity contribution in [2.24, 2.45) is 0 Å². The van der Waals surface area contributed by atoms with E-state index in [9.17, 15) is 27.3 Å². The molecule has 0 bridgehead atoms. The molecule has 1 aliphatic heterocycles. The summed E-state index contributed by atoms with van der Waals surface area (Å²) in [6.45, 7) is -0.375. The molecule has 1 amide bonds. The lowest BCUT2D eigenvalue weighted by molar-refractivity contribution is -0.137. The molecule has 0 spiro atoms. The van der Waals surface area contributed by atoms with Crippen molar-refractivity contribution in [3.8, 4) is 16.9 Å². The zero-order valence-corrected chi connectivity index (χ0v) is 16.4. The highest BCUT2D eigenvalue weighted by atomic mass is 32.2. The number of aromatic nitrogens is 2. The van der Waals surface area contributed by atoms with Gasteiger partial charge in [-0.25, -0.2) is 8.60 Å². The number of carbonyl (C=O) groups excluding carboxylic acids is 1. The third-order valence-electron chi connectivity index (χ3n) is 4.58. The molecular formula is C19H14F4N4O3S. The van der Waals surface area contributed by atoms with Crippen molar-refractivity contribution in [1.29, 1.82) is 0 Å². The van der Waals surface area contributed by atoms with Crippen LogP contribution in [0.15, 0.2) is 48.8 Å². The van der Waals surface area contributed by atoms with Crippen molar-refractivity contribution >= 4 is 22.8 Å². The Labute approximate surface area is 175 Å². The van der Waals surface area contributed by atoms with Crippen LogP contribution in [0.25, 0.3) is 11.1 Å². The fourth-order valence-electron chi connectivity index (χ4n) is 3.17. The number of nitrogens with one attached hydrogen (secondary N) is 1. The van der Waals surface area contributed by atoms with E-state index in [0.29, 0.717) is 5.56 Å². The summed E-state index contributed by atoms with van der Waals surface area (Å²) in [5.41, 5.74) is -0.531. The van der Waals surface area contributed by atoms with E-state index >= 15 is 4.39 Å². The summed E-state index contributed by atoms with van der Waals surface area (Å²) >= 11 is -2.04. The van der Waals surface area contributed by atoms with Crippen LogP contribution in [0.4, 0.5) is 23.2 Å². The Morgan fingerprint density at radius 3 is 2.68 bits per heavy atom. The Hall–Kier alpha value is -3.41. The van der Waals surface area contributed by atoms with Gasteiger partial charge in [0.15, 0.2) is 5.82 Å². The molecule has 162 valence electrons. The van der Waals surface area contributed by atoms with Gasteiger partial charge < -0.3 is 5.11 Å². The molecule has 3 aromatic rings. The average molecular weight is 454 g/mol. The molecule has 1 fully saturated rings. The van der Waals surface area contributed by atoms with Gasteiger partial charge in [0.1, 0.15) is 18.0 Å². The number of phenols is 1. The van der Waals surface area contributed by atoms with Crippen molar-refractivity contribution in [2.45, 2.75) is 12.7 Å². The number of hydrogen-bond acceptors (Lipinski definition) is 4. The number of carbonyl (C=O) groups is 1. The smallest absolute Gasteiger partial charge is 0.416 e. The van der Waals surface area contributed by atoms with Crippen LogP contribution in [-0.4, -0.2) is 31.5 Å². The summed E-state index contributed by atoms with van der Waals surface area (Å²) in [6.07, 6.45) is -1.72. The highest BCUT2D eigenvalue weighted by molar-refractivity contribution is 7.85. The molecule has 4 rings (SSSR count). The summed E-state index contributed by atoms with van der Waals surface area (Å²) in [5, 5.41) is 14.1. The highest BCUT2D eigenvalue weighted by Gasteiger charge is 2.32. The van der Waals surface area contributed by atoms with E-state index in [-0.39, 0.29) is 17.7 Å². The molecule has 31 heavy (non-hydrogen) atoms. The predicted molar refractivity (Wildman–Crippen MR) is 103 cm³/mol. The topological polar surface area (TPSA) is 87.5 Å². The van der Waals surface area contributed by atoms with Gasteiger partial charge in [0.05, 0.1) is 18.3 Å². The van der Waals surface area contributed by atoms with Crippen LogP contribution >= 0.6 is 0 Å². The Balaban J connectivity index is 1.64. The molecule has 1 aromatic heterocycles. The number of benzene rings is 2. The van der Waals surface area contributed by atoms with Crippen LogP contribution in [0.1, 0.15) is 11.1 Å². The number of phenolic OH excluding ortho intramolecular Hbond substituents is 1. The minimum absolute atomic E-state index is 0.0134. The predicted octanol–water partition coefficient (Wildman–Crippen LogP) is 2.98. The van der Waals surface area contributed by atoms with Gasteiger partial charge in [-0.05, 0) is 29.8 Å². The molecule has 2 N–H and O–H groups in total. The summed E-state index contributed by atoms with van der Waals surface area (Å²) in [7, 11) is 0. The maximum atomic E-state index is 15.2. The number of alkyl halides is 3. The van der Waals surface area contributed by atoms with Crippen LogP contribution in [-0.2, 0) is 28.7 Å². The van der Waals surface area contributed by atoms with Gasteiger partial charge in [0, 0.05) is 17.3 Å². The molecule has 12 heteroatoms. The maximum Gasteiger partial charge on any atom is 0.416 e. The lowest BCUT2D eigenvalue weighted by Crippen LogP contribution is -2.23. The van der Waals surface area contributed by atoms with Crippen LogP contribution in [0.2, 0.25) is 0 Å². The molecule has 1 atom stereocenters. The molecule has 0 saturated carbocycles. The summed E-state index contributed by atoms with van der Waals surface area (Å²) in [5.74, 6) is -2.00. The molecule has 1 saturated heterocycles. The Morgan fingerprint density at radius 1 is 1.23 bits per heavy atom. The number of amides is 1. The average Bonchev–Trinajstić information content (AvgIpc) is 3.27. The second-order valence-corrected chi connectivity index (χ2v) is 7.87. The van der Waals surface area contributed by atoms with E-state index < -0.39 is 52.6 Å². The molecule has 0 aliphatic carbocycles. The molecule has 7 nitrogen and oxygen atoms in total. The molecule has 0 radical (unpaired) electrons. The quantitative estimate of drug-likeness (QED) is 0.594. The number of halogens is 4. The normalized spacial score (nSPS) is 16.6. The van der Waals surface area contributed by atoms with Crippen LogP contribution in [0.5, 0.6) is 5.75 Å². The largest absolute Gasteiger partial charge is 0.506 e. The first-order chi connectivity index (χ1) is 14.6. The number of anilines is 1. The zero-order chi connectivity index (χ0) is 22.3. The monoisotopic (exact) mass is 454 g/mol. The number of hydrogen-bond donors (Lipinski definition) is 2. The van der Waals surface area contributed by atoms with Crippen molar-refractivity contribution in [1.82, 2.24) is 14.5 Å². The van der Waals surface area contributed by atoms with E-state index in [1.807, 2.05) is 0 Å². The van der Waals surface area contributed by atoms with E-state index in [2.05, 4.69) is 9.82 Å². The van der Waals surface area contributed by atoms with Gasteiger partial charge >= 0.3 is 6.18 Å². The van der Waals surface area contributed by atoms with Crippen LogP contribution in [0.3, 0.4) is 0 Å². The fourth-order valence-corrected chi connectivity index (χ4v) is 4.12. The summed E-state index contributed by atoms with van der Waals surface area (Å²) < 4.78 is 70.1. The zero-order valence-electron chi connectivity index (χ0n) is 15.6.